The molecule has 114 valence electrons. The van der Waals surface area contributed by atoms with Gasteiger partial charge in [-0.05, 0) is 19.1 Å². The van der Waals surface area contributed by atoms with Gasteiger partial charge in [0, 0.05) is 0 Å². The van der Waals surface area contributed by atoms with Crippen molar-refractivity contribution in [2.75, 3.05) is 12.3 Å². The molecule has 0 bridgehead atoms. The molecule has 1 aromatic carbocycles. The number of sulfonamides is 1. The second kappa shape index (κ2) is 5.24. The van der Waals surface area contributed by atoms with Gasteiger partial charge >= 0.3 is 0 Å². The Morgan fingerprint density at radius 3 is 2.67 bits per heavy atom. The number of anilines is 1. The summed E-state index contributed by atoms with van der Waals surface area (Å²) >= 11 is 5.74. The number of nitrogens with one attached hydrogen (secondary N) is 1. The van der Waals surface area contributed by atoms with Crippen molar-refractivity contribution in [3.05, 3.63) is 23.0 Å². The normalized spacial score (nSPS) is 20.4. The van der Waals surface area contributed by atoms with Crippen LogP contribution in [0.25, 0.3) is 0 Å². The highest BCUT2D eigenvalue weighted by molar-refractivity contribution is 7.89. The van der Waals surface area contributed by atoms with Gasteiger partial charge in [0.1, 0.15) is 16.8 Å². The van der Waals surface area contributed by atoms with Crippen LogP contribution < -0.4 is 11.1 Å². The fraction of sp³-hybridized carbons (Fsp3) is 0.273. The number of benzene rings is 1. The van der Waals surface area contributed by atoms with Crippen LogP contribution in [-0.2, 0) is 19.6 Å². The van der Waals surface area contributed by atoms with Crippen molar-refractivity contribution >= 4 is 39.1 Å². The lowest BCUT2D eigenvalue weighted by atomic mass is 10.2. The molecule has 21 heavy (non-hydrogen) atoms. The minimum atomic E-state index is -4.27. The van der Waals surface area contributed by atoms with Gasteiger partial charge in [-0.3, -0.25) is 14.9 Å². The first-order valence-corrected chi connectivity index (χ1v) is 7.56. The molecule has 0 aromatic heterocycles. The van der Waals surface area contributed by atoms with E-state index in [-0.39, 0.29) is 5.02 Å². The molecule has 0 spiro atoms. The van der Waals surface area contributed by atoms with Gasteiger partial charge in [0.05, 0.1) is 17.3 Å². The van der Waals surface area contributed by atoms with Gasteiger partial charge in [0.25, 0.3) is 0 Å². The summed E-state index contributed by atoms with van der Waals surface area (Å²) < 4.78 is 39.0. The van der Waals surface area contributed by atoms with E-state index in [0.717, 1.165) is 12.1 Å². The molecular formula is C11H11ClFN3O4S. The first-order valence-electron chi connectivity index (χ1n) is 5.74. The summed E-state index contributed by atoms with van der Waals surface area (Å²) in [7, 11) is -4.27. The molecule has 1 unspecified atom stereocenters. The summed E-state index contributed by atoms with van der Waals surface area (Å²) in [5.74, 6) is -2.37. The predicted molar refractivity (Wildman–Crippen MR) is 72.3 cm³/mol. The number of carbonyl (C=O) groups excluding carboxylic acids is 2. The third-order valence-electron chi connectivity index (χ3n) is 3.01. The molecule has 1 aromatic rings. The zero-order valence-electron chi connectivity index (χ0n) is 10.8. The van der Waals surface area contributed by atoms with Crippen LogP contribution in [0.5, 0.6) is 0 Å². The van der Waals surface area contributed by atoms with E-state index in [1.54, 1.807) is 0 Å². The van der Waals surface area contributed by atoms with Crippen molar-refractivity contribution in [2.24, 2.45) is 0 Å². The summed E-state index contributed by atoms with van der Waals surface area (Å²) in [6.07, 6.45) is 0. The molecule has 0 saturated carbocycles. The smallest absolute Gasteiger partial charge is 0.245 e. The van der Waals surface area contributed by atoms with E-state index in [2.05, 4.69) is 0 Å². The van der Waals surface area contributed by atoms with Gasteiger partial charge < -0.3 is 5.73 Å². The Morgan fingerprint density at radius 1 is 1.43 bits per heavy atom. The molecule has 1 atom stereocenters. The Kier molecular flexibility index (Phi) is 3.91. The summed E-state index contributed by atoms with van der Waals surface area (Å²) in [5, 5.41) is 1.63. The van der Waals surface area contributed by atoms with E-state index < -0.39 is 50.8 Å². The Balaban J connectivity index is 2.54. The molecule has 0 aliphatic carbocycles. The number of nitrogens with two attached hydrogens (primary N) is 1. The minimum absolute atomic E-state index is 0.382. The van der Waals surface area contributed by atoms with E-state index in [9.17, 15) is 22.4 Å². The number of hydrogen-bond donors (Lipinski definition) is 2. The van der Waals surface area contributed by atoms with Crippen LogP contribution in [0.4, 0.5) is 10.1 Å². The minimum Gasteiger partial charge on any atom is -0.396 e. The van der Waals surface area contributed by atoms with E-state index in [1.807, 2.05) is 5.32 Å². The topological polar surface area (TPSA) is 110 Å². The lowest BCUT2D eigenvalue weighted by Gasteiger charge is -2.30. The molecule has 1 heterocycles. The maximum Gasteiger partial charge on any atom is 0.245 e. The van der Waals surface area contributed by atoms with Gasteiger partial charge in [-0.15, -0.1) is 0 Å². The molecule has 3 N–H and O–H groups in total. The molecule has 1 fully saturated rings. The third kappa shape index (κ3) is 2.71. The quantitative estimate of drug-likeness (QED) is 0.588. The van der Waals surface area contributed by atoms with Crippen LogP contribution in [0.1, 0.15) is 6.92 Å². The van der Waals surface area contributed by atoms with Crippen LogP contribution >= 0.6 is 11.6 Å². The second-order valence-electron chi connectivity index (χ2n) is 4.44. The second-order valence-corrected chi connectivity index (χ2v) is 6.71. The zero-order chi connectivity index (χ0) is 15.9. The van der Waals surface area contributed by atoms with E-state index >= 15 is 0 Å². The van der Waals surface area contributed by atoms with Gasteiger partial charge in [-0.2, -0.15) is 4.31 Å². The van der Waals surface area contributed by atoms with Crippen molar-refractivity contribution in [3.8, 4) is 0 Å². The number of hydrogen-bond acceptors (Lipinski definition) is 5. The highest BCUT2D eigenvalue weighted by atomic mass is 35.5. The van der Waals surface area contributed by atoms with Crippen molar-refractivity contribution in [3.63, 3.8) is 0 Å². The van der Waals surface area contributed by atoms with Crippen LogP contribution in [0.15, 0.2) is 17.0 Å². The van der Waals surface area contributed by atoms with Gasteiger partial charge in [-0.25, -0.2) is 12.8 Å². The number of nitrogen functional groups attached to an aromatic ring is 1. The summed E-state index contributed by atoms with van der Waals surface area (Å²) in [6.45, 7) is 0.781. The van der Waals surface area contributed by atoms with E-state index in [1.165, 1.54) is 6.92 Å². The van der Waals surface area contributed by atoms with Crippen LogP contribution in [-0.4, -0.2) is 37.1 Å². The number of nitrogens with zero attached hydrogens (tertiary/aromatic N) is 1. The van der Waals surface area contributed by atoms with Crippen molar-refractivity contribution < 1.29 is 22.4 Å². The average molecular weight is 336 g/mol. The molecule has 10 heteroatoms. The Labute approximate surface area is 124 Å². The SMILES string of the molecule is CC1C(=O)NC(=O)CN1S(=O)(=O)c1cc(N)c(F)cc1Cl. The monoisotopic (exact) mass is 335 g/mol. The fourth-order valence-electron chi connectivity index (χ4n) is 1.85. The molecule has 7 nitrogen and oxygen atoms in total. The predicted octanol–water partition coefficient (Wildman–Crippen LogP) is 0.0969. The Bertz CT molecular complexity index is 737. The average Bonchev–Trinajstić information content (AvgIpc) is 2.37. The summed E-state index contributed by atoms with van der Waals surface area (Å²) in [5.41, 5.74) is 4.94. The number of carbonyl (C=O) groups is 2. The largest absolute Gasteiger partial charge is 0.396 e. The van der Waals surface area contributed by atoms with Gasteiger partial charge in [-0.1, -0.05) is 11.6 Å². The van der Waals surface area contributed by atoms with Crippen LogP contribution in [0.2, 0.25) is 5.02 Å². The number of imide groups is 1. The van der Waals surface area contributed by atoms with Crippen molar-refractivity contribution in [2.45, 2.75) is 17.9 Å². The maximum atomic E-state index is 13.3. The molecule has 2 rings (SSSR count). The van der Waals surface area contributed by atoms with Crippen molar-refractivity contribution in [1.29, 1.82) is 0 Å². The molecule has 2 amide bonds. The first kappa shape index (κ1) is 15.7. The van der Waals surface area contributed by atoms with Crippen LogP contribution in [0, 0.1) is 5.82 Å². The number of amides is 2. The highest BCUT2D eigenvalue weighted by Crippen LogP contribution is 2.30. The fourth-order valence-corrected chi connectivity index (χ4v) is 3.93. The van der Waals surface area contributed by atoms with Gasteiger partial charge in [0.2, 0.25) is 21.8 Å². The first-order chi connectivity index (χ1) is 9.64. The Hall–Kier alpha value is -1.71. The molecule has 1 aliphatic heterocycles. The zero-order valence-corrected chi connectivity index (χ0v) is 12.3. The molecular weight excluding hydrogens is 325 g/mol. The Morgan fingerprint density at radius 2 is 2.05 bits per heavy atom. The third-order valence-corrected chi connectivity index (χ3v) is 5.39. The lowest BCUT2D eigenvalue weighted by molar-refractivity contribution is -0.136. The van der Waals surface area contributed by atoms with Crippen molar-refractivity contribution in [1.82, 2.24) is 9.62 Å². The maximum absolute atomic E-state index is 13.3. The van der Waals surface area contributed by atoms with Crippen LogP contribution in [0.3, 0.4) is 0 Å². The summed E-state index contributed by atoms with van der Waals surface area (Å²) in [6, 6.07) is 0.520. The van der Waals surface area contributed by atoms with E-state index in [0.29, 0.717) is 4.31 Å². The standard InChI is InChI=1S/C11H11ClFN3O4S/c1-5-11(18)15-10(17)4-16(5)21(19,20)9-3-8(14)7(13)2-6(9)12/h2-3,5H,4,14H2,1H3,(H,15,17,18). The number of piperazine rings is 1. The van der Waals surface area contributed by atoms with Gasteiger partial charge in [0.15, 0.2) is 0 Å². The highest BCUT2D eigenvalue weighted by Gasteiger charge is 2.40. The lowest BCUT2D eigenvalue weighted by Crippen LogP contribution is -2.58. The molecule has 1 aliphatic rings. The molecule has 0 radical (unpaired) electrons. The van der Waals surface area contributed by atoms with E-state index in [4.69, 9.17) is 17.3 Å². The molecule has 1 saturated heterocycles. The summed E-state index contributed by atoms with van der Waals surface area (Å²) in [4.78, 5) is 22.4. The number of rotatable bonds is 2. The number of halogens is 2.